The van der Waals surface area contributed by atoms with Crippen LogP contribution in [0.4, 0.5) is 5.69 Å². The molecule has 1 aromatic rings. The molecule has 0 aliphatic rings. The summed E-state index contributed by atoms with van der Waals surface area (Å²) in [6.07, 6.45) is 17.8. The Balaban J connectivity index is 1.61. The Kier molecular flexibility index (Phi) is 37.4. The minimum atomic E-state index is 0.443. The van der Waals surface area contributed by atoms with Crippen LogP contribution in [-0.4, -0.2) is 126 Å². The Labute approximate surface area is 304 Å². The van der Waals surface area contributed by atoms with E-state index in [4.69, 9.17) is 53.1 Å². The second-order valence-electron chi connectivity index (χ2n) is 12.1. The zero-order chi connectivity index (χ0) is 35.7. The van der Waals surface area contributed by atoms with Gasteiger partial charge in [0.15, 0.2) is 0 Å². The van der Waals surface area contributed by atoms with E-state index < -0.39 is 0 Å². The summed E-state index contributed by atoms with van der Waals surface area (Å²) < 4.78 is 55.3. The molecule has 0 fully saturated rings. The summed E-state index contributed by atoms with van der Waals surface area (Å²) in [6.45, 7) is 12.7. The molecule has 0 spiro atoms. The van der Waals surface area contributed by atoms with Gasteiger partial charge in [-0.3, -0.25) is 0 Å². The van der Waals surface area contributed by atoms with Crippen LogP contribution in [0.25, 0.3) is 0 Å². The molecular formula is C39H73NO10. The fraction of sp³-hybridized carbons (Fsp3) is 0.846. The molecule has 0 aromatic heterocycles. The Bertz CT molecular complexity index is 791. The smallest absolute Gasteiger partial charge is 0.142 e. The third kappa shape index (κ3) is 34.9. The molecule has 0 heterocycles. The summed E-state index contributed by atoms with van der Waals surface area (Å²) in [4.78, 5) is 0. The summed E-state index contributed by atoms with van der Waals surface area (Å²) in [7, 11) is 0. The van der Waals surface area contributed by atoms with Crippen molar-refractivity contribution in [1.29, 1.82) is 0 Å². The summed E-state index contributed by atoms with van der Waals surface area (Å²) >= 11 is 0. The van der Waals surface area contributed by atoms with Crippen molar-refractivity contribution in [1.82, 2.24) is 0 Å². The van der Waals surface area contributed by atoms with Gasteiger partial charge in [0.05, 0.1) is 118 Å². The van der Waals surface area contributed by atoms with Gasteiger partial charge in [0.1, 0.15) is 12.4 Å². The average molecular weight is 716 g/mol. The topological polar surface area (TPSA) is 118 Å². The molecule has 0 atom stereocenters. The summed E-state index contributed by atoms with van der Waals surface area (Å²) in [6, 6.07) is 7.40. The fourth-order valence-electron chi connectivity index (χ4n) is 4.91. The van der Waals surface area contributed by atoms with E-state index in [1.54, 1.807) is 6.07 Å². The number of hydrogen-bond donors (Lipinski definition) is 1. The van der Waals surface area contributed by atoms with Crippen molar-refractivity contribution in [2.45, 2.75) is 90.4 Å². The minimum absolute atomic E-state index is 0.443. The van der Waals surface area contributed by atoms with E-state index in [1.165, 1.54) is 77.0 Å². The first-order valence-electron chi connectivity index (χ1n) is 19.5. The first-order chi connectivity index (χ1) is 24.8. The highest BCUT2D eigenvalue weighted by molar-refractivity contribution is 5.51. The maximum Gasteiger partial charge on any atom is 0.142 e. The Hall–Kier alpha value is -1.54. The highest BCUT2D eigenvalue weighted by Gasteiger charge is 1.99. The zero-order valence-corrected chi connectivity index (χ0v) is 31.6. The van der Waals surface area contributed by atoms with Crippen molar-refractivity contribution in [2.75, 3.05) is 131 Å². The molecule has 0 unspecified atom stereocenters. The van der Waals surface area contributed by atoms with Crippen molar-refractivity contribution in [3.05, 3.63) is 24.3 Å². The Morgan fingerprint density at radius 3 is 0.960 bits per heavy atom. The molecule has 0 amide bonds. The van der Waals surface area contributed by atoms with Crippen LogP contribution in [0.2, 0.25) is 0 Å². The highest BCUT2D eigenvalue weighted by atomic mass is 16.6. The Morgan fingerprint density at radius 1 is 0.340 bits per heavy atom. The van der Waals surface area contributed by atoms with E-state index in [9.17, 15) is 0 Å². The van der Waals surface area contributed by atoms with Gasteiger partial charge in [-0.2, -0.15) is 0 Å². The predicted octanol–water partition coefficient (Wildman–Crippen LogP) is 6.89. The molecular weight excluding hydrogens is 642 g/mol. The molecule has 0 bridgehead atoms. The predicted molar refractivity (Wildman–Crippen MR) is 199 cm³/mol. The van der Waals surface area contributed by atoms with Crippen molar-refractivity contribution in [3.8, 4) is 5.75 Å². The molecule has 50 heavy (non-hydrogen) atoms. The normalized spacial score (nSPS) is 11.5. The molecule has 294 valence electrons. The molecule has 0 aliphatic carbocycles. The van der Waals surface area contributed by atoms with Gasteiger partial charge in [0.2, 0.25) is 0 Å². The van der Waals surface area contributed by atoms with Crippen LogP contribution >= 0.6 is 0 Å². The van der Waals surface area contributed by atoms with Crippen LogP contribution in [0.15, 0.2) is 24.3 Å². The number of hydrogen-bond acceptors (Lipinski definition) is 11. The maximum atomic E-state index is 5.83. The van der Waals surface area contributed by atoms with Crippen LogP contribution in [0.1, 0.15) is 90.4 Å². The molecule has 2 N–H and O–H groups in total. The van der Waals surface area contributed by atoms with Gasteiger partial charge in [-0.05, 0) is 18.6 Å². The zero-order valence-electron chi connectivity index (χ0n) is 31.6. The largest absolute Gasteiger partial charge is 0.489 e. The van der Waals surface area contributed by atoms with Crippen molar-refractivity contribution < 1.29 is 47.4 Å². The van der Waals surface area contributed by atoms with Crippen LogP contribution in [-0.2, 0) is 42.6 Å². The summed E-state index contributed by atoms with van der Waals surface area (Å²) in [5.41, 5.74) is 6.45. The third-order valence-corrected chi connectivity index (χ3v) is 7.77. The van der Waals surface area contributed by atoms with Gasteiger partial charge in [-0.15, -0.1) is 0 Å². The van der Waals surface area contributed by atoms with E-state index in [0.717, 1.165) is 13.0 Å². The molecule has 0 saturated heterocycles. The van der Waals surface area contributed by atoms with Gasteiger partial charge in [-0.1, -0.05) is 96.1 Å². The first-order valence-corrected chi connectivity index (χ1v) is 19.5. The first kappa shape index (κ1) is 46.5. The monoisotopic (exact) mass is 716 g/mol. The highest BCUT2D eigenvalue weighted by Crippen LogP contribution is 2.19. The number of nitrogens with two attached hydrogens (primary N) is 1. The molecule has 0 radical (unpaired) electrons. The lowest BCUT2D eigenvalue weighted by molar-refractivity contribution is -0.0254. The second kappa shape index (κ2) is 40.2. The molecule has 11 nitrogen and oxygen atoms in total. The van der Waals surface area contributed by atoms with E-state index in [-0.39, 0.29) is 0 Å². The van der Waals surface area contributed by atoms with Crippen molar-refractivity contribution in [3.63, 3.8) is 0 Å². The van der Waals surface area contributed by atoms with Gasteiger partial charge in [0.25, 0.3) is 0 Å². The number of anilines is 1. The molecule has 1 rings (SSSR count). The lowest BCUT2D eigenvalue weighted by Crippen LogP contribution is -2.15. The lowest BCUT2D eigenvalue weighted by atomic mass is 10.0. The maximum absolute atomic E-state index is 5.83. The van der Waals surface area contributed by atoms with E-state index in [0.29, 0.717) is 130 Å². The summed E-state index contributed by atoms with van der Waals surface area (Å²) in [5, 5.41) is 0. The molecule has 1 aromatic carbocycles. The van der Waals surface area contributed by atoms with Crippen LogP contribution in [0.5, 0.6) is 5.75 Å². The fourth-order valence-corrected chi connectivity index (χ4v) is 4.91. The number of benzene rings is 1. The van der Waals surface area contributed by atoms with Gasteiger partial charge >= 0.3 is 0 Å². The molecule has 0 saturated carbocycles. The quantitative estimate of drug-likeness (QED) is 0.0563. The van der Waals surface area contributed by atoms with Gasteiger partial charge < -0.3 is 53.1 Å². The average Bonchev–Trinajstić information content (AvgIpc) is 3.13. The van der Waals surface area contributed by atoms with E-state index in [2.05, 4.69) is 6.92 Å². The summed E-state index contributed by atoms with van der Waals surface area (Å²) in [5.74, 6) is 0.674. The van der Waals surface area contributed by atoms with Crippen LogP contribution < -0.4 is 10.5 Å². The minimum Gasteiger partial charge on any atom is -0.489 e. The number of nitrogen functional groups attached to an aromatic ring is 1. The SMILES string of the molecule is CCCCCCCCCCCCCCCOCCOCCOCCOCCOCCOCCOCCOCCOCCOc1ccccc1N. The lowest BCUT2D eigenvalue weighted by Gasteiger charge is -2.09. The standard InChI is InChI=1S/C39H73NO10/c1-2-3-4-5-6-7-8-9-10-11-12-13-16-19-41-20-21-42-22-23-43-24-25-44-26-27-45-28-29-46-30-31-47-32-33-48-34-35-49-36-37-50-39-18-15-14-17-38(39)40/h14-15,17-18H,2-13,16,19-37,40H2,1H3. The van der Waals surface area contributed by atoms with Gasteiger partial charge in [0, 0.05) is 6.61 Å². The van der Waals surface area contributed by atoms with Crippen molar-refractivity contribution in [2.24, 2.45) is 0 Å². The number of unbranched alkanes of at least 4 members (excludes halogenated alkanes) is 12. The third-order valence-electron chi connectivity index (χ3n) is 7.77. The molecule has 0 aliphatic heterocycles. The molecule has 11 heteroatoms. The van der Waals surface area contributed by atoms with E-state index in [1.807, 2.05) is 18.2 Å². The Morgan fingerprint density at radius 2 is 0.620 bits per heavy atom. The van der Waals surface area contributed by atoms with Crippen LogP contribution in [0.3, 0.4) is 0 Å². The van der Waals surface area contributed by atoms with E-state index >= 15 is 0 Å². The van der Waals surface area contributed by atoms with Gasteiger partial charge in [-0.25, -0.2) is 0 Å². The number of rotatable bonds is 42. The van der Waals surface area contributed by atoms with Crippen LogP contribution in [0, 0.1) is 0 Å². The van der Waals surface area contributed by atoms with Crippen molar-refractivity contribution >= 4 is 5.69 Å². The number of para-hydroxylation sites is 2. The number of ether oxygens (including phenoxy) is 10. The second-order valence-corrected chi connectivity index (χ2v) is 12.1.